The maximum atomic E-state index is 12.7. The summed E-state index contributed by atoms with van der Waals surface area (Å²) in [4.78, 5) is 12.7. The third-order valence-electron chi connectivity index (χ3n) is 4.60. The third-order valence-corrected chi connectivity index (χ3v) is 4.60. The number of carbonyl (C=O) groups excluding carboxylic acids is 1. The minimum atomic E-state index is 0.144. The quantitative estimate of drug-likeness (QED) is 0.336. The van der Waals surface area contributed by atoms with E-state index in [2.05, 4.69) is 13.0 Å². The fourth-order valence-corrected chi connectivity index (χ4v) is 3.15. The minimum absolute atomic E-state index is 0.144. The summed E-state index contributed by atoms with van der Waals surface area (Å²) in [5, 5.41) is 0. The molecule has 24 heavy (non-hydrogen) atoms. The summed E-state index contributed by atoms with van der Waals surface area (Å²) in [6.07, 6.45) is 11.5. The Labute approximate surface area is 147 Å². The number of benzene rings is 2. The van der Waals surface area contributed by atoms with Crippen LogP contribution in [-0.2, 0) is 6.42 Å². The molecule has 0 saturated carbocycles. The third kappa shape index (κ3) is 5.96. The van der Waals surface area contributed by atoms with E-state index in [0.29, 0.717) is 0 Å². The van der Waals surface area contributed by atoms with E-state index in [-0.39, 0.29) is 5.78 Å². The van der Waals surface area contributed by atoms with Gasteiger partial charge in [-0.15, -0.1) is 0 Å². The molecule has 0 aliphatic rings. The molecule has 0 spiro atoms. The lowest BCUT2D eigenvalue weighted by molar-refractivity contribution is 0.103. The number of rotatable bonds is 11. The van der Waals surface area contributed by atoms with E-state index >= 15 is 0 Å². The Morgan fingerprint density at radius 3 is 2.00 bits per heavy atom. The molecular formula is C23H30O. The van der Waals surface area contributed by atoms with Crippen molar-refractivity contribution in [1.29, 1.82) is 0 Å². The van der Waals surface area contributed by atoms with Crippen LogP contribution in [0.2, 0.25) is 0 Å². The van der Waals surface area contributed by atoms with Crippen LogP contribution >= 0.6 is 0 Å². The molecule has 0 atom stereocenters. The van der Waals surface area contributed by atoms with Gasteiger partial charge in [0.2, 0.25) is 0 Å². The zero-order valence-electron chi connectivity index (χ0n) is 15.0. The van der Waals surface area contributed by atoms with Crippen molar-refractivity contribution in [3.05, 3.63) is 71.3 Å². The van der Waals surface area contributed by atoms with Crippen molar-refractivity contribution in [2.24, 2.45) is 0 Å². The van der Waals surface area contributed by atoms with E-state index in [9.17, 15) is 4.79 Å². The van der Waals surface area contributed by atoms with Crippen LogP contribution in [0.4, 0.5) is 0 Å². The van der Waals surface area contributed by atoms with Crippen molar-refractivity contribution < 1.29 is 4.79 Å². The van der Waals surface area contributed by atoms with Crippen molar-refractivity contribution in [2.45, 2.75) is 64.7 Å². The van der Waals surface area contributed by atoms with Gasteiger partial charge in [-0.2, -0.15) is 0 Å². The topological polar surface area (TPSA) is 17.1 Å². The van der Waals surface area contributed by atoms with Gasteiger partial charge in [0.05, 0.1) is 0 Å². The number of hydrogen-bond acceptors (Lipinski definition) is 1. The van der Waals surface area contributed by atoms with Crippen molar-refractivity contribution in [3.63, 3.8) is 0 Å². The van der Waals surface area contributed by atoms with Crippen molar-refractivity contribution in [3.8, 4) is 0 Å². The molecule has 0 saturated heterocycles. The van der Waals surface area contributed by atoms with Gasteiger partial charge in [-0.05, 0) is 18.4 Å². The molecule has 0 radical (unpaired) electrons. The largest absolute Gasteiger partial charge is 0.289 e. The molecule has 0 fully saturated rings. The number of unbranched alkanes of at least 4 members (excludes halogenated alkanes) is 7. The second-order valence-electron chi connectivity index (χ2n) is 6.58. The van der Waals surface area contributed by atoms with E-state index < -0.39 is 0 Å². The molecule has 1 heteroatoms. The highest BCUT2D eigenvalue weighted by molar-refractivity contribution is 6.09. The van der Waals surface area contributed by atoms with Gasteiger partial charge in [-0.1, -0.05) is 106 Å². The van der Waals surface area contributed by atoms with Crippen LogP contribution < -0.4 is 0 Å². The molecule has 128 valence electrons. The number of aryl methyl sites for hydroxylation is 1. The van der Waals surface area contributed by atoms with Crippen LogP contribution in [-0.4, -0.2) is 5.78 Å². The van der Waals surface area contributed by atoms with Gasteiger partial charge < -0.3 is 0 Å². The molecule has 0 unspecified atom stereocenters. The molecule has 0 N–H and O–H groups in total. The number of ketones is 1. The van der Waals surface area contributed by atoms with Gasteiger partial charge in [0.15, 0.2) is 5.78 Å². The van der Waals surface area contributed by atoms with Gasteiger partial charge >= 0.3 is 0 Å². The summed E-state index contributed by atoms with van der Waals surface area (Å²) in [5.74, 6) is 0.144. The van der Waals surface area contributed by atoms with E-state index in [1.54, 1.807) is 0 Å². The highest BCUT2D eigenvalue weighted by atomic mass is 16.1. The lowest BCUT2D eigenvalue weighted by atomic mass is 9.95. The Morgan fingerprint density at radius 1 is 0.708 bits per heavy atom. The molecule has 0 heterocycles. The van der Waals surface area contributed by atoms with Crippen molar-refractivity contribution in [1.82, 2.24) is 0 Å². The zero-order valence-corrected chi connectivity index (χ0v) is 15.0. The summed E-state index contributed by atoms with van der Waals surface area (Å²) < 4.78 is 0. The standard InChI is InChI=1S/C23H30O/c1-2-3-4-5-6-7-8-10-15-20-16-13-14-19-22(20)23(24)21-17-11-9-12-18-21/h9,11-14,16-19H,2-8,10,15H2,1H3. The molecule has 2 rings (SSSR count). The van der Waals surface area contributed by atoms with Crippen LogP contribution in [0.5, 0.6) is 0 Å². The Kier molecular flexibility index (Phi) is 8.31. The zero-order chi connectivity index (χ0) is 17.0. The molecule has 0 amide bonds. The monoisotopic (exact) mass is 322 g/mol. The summed E-state index contributed by atoms with van der Waals surface area (Å²) in [6, 6.07) is 17.7. The minimum Gasteiger partial charge on any atom is -0.289 e. The van der Waals surface area contributed by atoms with Crippen LogP contribution in [0.25, 0.3) is 0 Å². The van der Waals surface area contributed by atoms with Crippen molar-refractivity contribution >= 4 is 5.78 Å². The van der Waals surface area contributed by atoms with Gasteiger partial charge in [0.25, 0.3) is 0 Å². The summed E-state index contributed by atoms with van der Waals surface area (Å²) in [6.45, 7) is 2.26. The van der Waals surface area contributed by atoms with Gasteiger partial charge in [0, 0.05) is 11.1 Å². The summed E-state index contributed by atoms with van der Waals surface area (Å²) in [7, 11) is 0. The summed E-state index contributed by atoms with van der Waals surface area (Å²) >= 11 is 0. The molecule has 0 aliphatic carbocycles. The number of carbonyl (C=O) groups is 1. The van der Waals surface area contributed by atoms with Crippen LogP contribution in [0.1, 0.15) is 79.8 Å². The van der Waals surface area contributed by atoms with Gasteiger partial charge in [-0.3, -0.25) is 4.79 Å². The highest BCUT2D eigenvalue weighted by Crippen LogP contribution is 2.18. The first kappa shape index (κ1) is 18.4. The fraction of sp³-hybridized carbons (Fsp3) is 0.435. The Balaban J connectivity index is 1.83. The SMILES string of the molecule is CCCCCCCCCCc1ccccc1C(=O)c1ccccc1. The average molecular weight is 322 g/mol. The summed E-state index contributed by atoms with van der Waals surface area (Å²) in [5.41, 5.74) is 2.84. The maximum absolute atomic E-state index is 12.7. The predicted octanol–water partition coefficient (Wildman–Crippen LogP) is 6.60. The maximum Gasteiger partial charge on any atom is 0.193 e. The molecule has 0 aromatic heterocycles. The molecule has 2 aromatic rings. The molecule has 0 bridgehead atoms. The lowest BCUT2D eigenvalue weighted by Gasteiger charge is -2.09. The second-order valence-corrected chi connectivity index (χ2v) is 6.58. The molecule has 2 aromatic carbocycles. The first-order chi connectivity index (χ1) is 11.8. The van der Waals surface area contributed by atoms with E-state index in [1.807, 2.05) is 48.5 Å². The smallest absolute Gasteiger partial charge is 0.193 e. The van der Waals surface area contributed by atoms with E-state index in [1.165, 1.54) is 56.9 Å². The number of hydrogen-bond donors (Lipinski definition) is 0. The first-order valence-corrected chi connectivity index (χ1v) is 9.50. The van der Waals surface area contributed by atoms with E-state index in [0.717, 1.165) is 17.5 Å². The normalized spacial score (nSPS) is 10.7. The molecular weight excluding hydrogens is 292 g/mol. The fourth-order valence-electron chi connectivity index (χ4n) is 3.15. The van der Waals surface area contributed by atoms with Crippen LogP contribution in [0.3, 0.4) is 0 Å². The molecule has 0 aliphatic heterocycles. The Morgan fingerprint density at radius 2 is 1.29 bits per heavy atom. The highest BCUT2D eigenvalue weighted by Gasteiger charge is 2.12. The van der Waals surface area contributed by atoms with Gasteiger partial charge in [0.1, 0.15) is 0 Å². The lowest BCUT2D eigenvalue weighted by Crippen LogP contribution is -2.05. The van der Waals surface area contributed by atoms with Crippen molar-refractivity contribution in [2.75, 3.05) is 0 Å². The van der Waals surface area contributed by atoms with Crippen LogP contribution in [0.15, 0.2) is 54.6 Å². The second kappa shape index (κ2) is 10.8. The van der Waals surface area contributed by atoms with E-state index in [4.69, 9.17) is 0 Å². The first-order valence-electron chi connectivity index (χ1n) is 9.50. The van der Waals surface area contributed by atoms with Crippen LogP contribution in [0, 0.1) is 0 Å². The Hall–Kier alpha value is -1.89. The Bertz CT molecular complexity index is 600. The molecule has 1 nitrogen and oxygen atoms in total. The average Bonchev–Trinajstić information content (AvgIpc) is 2.64. The predicted molar refractivity (Wildman–Crippen MR) is 103 cm³/mol. The van der Waals surface area contributed by atoms with Gasteiger partial charge in [-0.25, -0.2) is 0 Å².